The summed E-state index contributed by atoms with van der Waals surface area (Å²) in [6.45, 7) is 6.63. The summed E-state index contributed by atoms with van der Waals surface area (Å²) in [5, 5.41) is 8.47. The van der Waals surface area contributed by atoms with Gasteiger partial charge < -0.3 is 20.7 Å². The lowest BCUT2D eigenvalue weighted by molar-refractivity contribution is -0.121. The highest BCUT2D eigenvalue weighted by molar-refractivity contribution is 6.32. The van der Waals surface area contributed by atoms with Gasteiger partial charge in [-0.15, -0.1) is 0 Å². The zero-order valence-corrected chi connectivity index (χ0v) is 14.5. The van der Waals surface area contributed by atoms with Gasteiger partial charge in [-0.2, -0.15) is 0 Å². The minimum Gasteiger partial charge on any atom is -0.492 e. The van der Waals surface area contributed by atoms with Gasteiger partial charge in [0.25, 0.3) is 0 Å². The fourth-order valence-electron chi connectivity index (χ4n) is 1.77. The van der Waals surface area contributed by atoms with E-state index >= 15 is 0 Å². The van der Waals surface area contributed by atoms with Crippen molar-refractivity contribution in [2.75, 3.05) is 18.5 Å². The molecule has 0 bridgehead atoms. The molecule has 6 nitrogen and oxygen atoms in total. The van der Waals surface area contributed by atoms with E-state index in [2.05, 4.69) is 16.0 Å². The number of carbonyl (C=O) groups is 2. The molecule has 0 atom stereocenters. The Kier molecular flexibility index (Phi) is 8.26. The van der Waals surface area contributed by atoms with Crippen molar-refractivity contribution in [1.82, 2.24) is 10.6 Å². The lowest BCUT2D eigenvalue weighted by atomic mass is 10.3. The average Bonchev–Trinajstić information content (AvgIpc) is 2.45. The number of nitrogens with one attached hydrogen (secondary N) is 3. The predicted molar refractivity (Wildman–Crippen MR) is 92.2 cm³/mol. The van der Waals surface area contributed by atoms with Crippen molar-refractivity contribution in [2.24, 2.45) is 0 Å². The third kappa shape index (κ3) is 7.74. The topological polar surface area (TPSA) is 79.5 Å². The Bertz CT molecular complexity index is 535. The maximum atomic E-state index is 11.8. The Hall–Kier alpha value is -1.95. The van der Waals surface area contributed by atoms with Crippen LogP contribution in [0.15, 0.2) is 18.2 Å². The molecule has 3 N–H and O–H groups in total. The van der Waals surface area contributed by atoms with Crippen molar-refractivity contribution in [3.63, 3.8) is 0 Å². The maximum absolute atomic E-state index is 11.8. The number of urea groups is 1. The van der Waals surface area contributed by atoms with Crippen LogP contribution in [0.5, 0.6) is 5.75 Å². The van der Waals surface area contributed by atoms with Crippen LogP contribution in [-0.2, 0) is 4.79 Å². The van der Waals surface area contributed by atoms with E-state index < -0.39 is 0 Å². The molecule has 1 aromatic rings. The van der Waals surface area contributed by atoms with E-state index in [0.29, 0.717) is 23.1 Å². The molecule has 0 heterocycles. The van der Waals surface area contributed by atoms with Gasteiger partial charge in [0.05, 0.1) is 11.6 Å². The van der Waals surface area contributed by atoms with Gasteiger partial charge in [-0.3, -0.25) is 4.79 Å². The first-order valence-corrected chi connectivity index (χ1v) is 8.06. The van der Waals surface area contributed by atoms with E-state index in [-0.39, 0.29) is 30.9 Å². The quantitative estimate of drug-likeness (QED) is 0.679. The third-order valence-electron chi connectivity index (χ3n) is 2.74. The number of amides is 3. The van der Waals surface area contributed by atoms with Crippen LogP contribution in [0, 0.1) is 0 Å². The molecule has 7 heteroatoms. The van der Waals surface area contributed by atoms with Gasteiger partial charge in [-0.25, -0.2) is 4.79 Å². The minimum absolute atomic E-state index is 0.0897. The molecule has 0 radical (unpaired) electrons. The van der Waals surface area contributed by atoms with Crippen LogP contribution in [0.1, 0.15) is 33.6 Å². The Labute approximate surface area is 141 Å². The van der Waals surface area contributed by atoms with E-state index in [1.807, 2.05) is 20.8 Å². The molecule has 0 fully saturated rings. The fourth-order valence-corrected chi connectivity index (χ4v) is 2.00. The van der Waals surface area contributed by atoms with Crippen LogP contribution in [0.4, 0.5) is 10.5 Å². The SMILES string of the molecule is CCCOc1ccc(NC(=O)NCCC(=O)NC(C)C)cc1Cl. The first-order chi connectivity index (χ1) is 10.9. The van der Waals surface area contributed by atoms with Crippen LogP contribution in [0.25, 0.3) is 0 Å². The second-order valence-electron chi connectivity index (χ2n) is 5.35. The summed E-state index contributed by atoms with van der Waals surface area (Å²) < 4.78 is 5.46. The number of halogens is 1. The average molecular weight is 342 g/mol. The number of ether oxygens (including phenoxy) is 1. The van der Waals surface area contributed by atoms with Crippen molar-refractivity contribution in [1.29, 1.82) is 0 Å². The molecule has 0 aliphatic carbocycles. The van der Waals surface area contributed by atoms with E-state index in [1.165, 1.54) is 0 Å². The van der Waals surface area contributed by atoms with Gasteiger partial charge in [0.1, 0.15) is 5.75 Å². The molecule has 128 valence electrons. The molecule has 3 amide bonds. The molecule has 0 aliphatic rings. The summed E-state index contributed by atoms with van der Waals surface area (Å²) in [6, 6.07) is 4.75. The second-order valence-corrected chi connectivity index (χ2v) is 5.75. The van der Waals surface area contributed by atoms with Crippen LogP contribution >= 0.6 is 11.6 Å². The molecule has 0 saturated carbocycles. The summed E-state index contributed by atoms with van der Waals surface area (Å²) in [7, 11) is 0. The smallest absolute Gasteiger partial charge is 0.319 e. The zero-order chi connectivity index (χ0) is 17.2. The summed E-state index contributed by atoms with van der Waals surface area (Å²) in [4.78, 5) is 23.2. The van der Waals surface area contributed by atoms with Gasteiger partial charge in [-0.05, 0) is 38.5 Å². The van der Waals surface area contributed by atoms with Crippen LogP contribution < -0.4 is 20.7 Å². The van der Waals surface area contributed by atoms with Crippen molar-refractivity contribution >= 4 is 29.2 Å². The Morgan fingerprint density at radius 2 is 2.04 bits per heavy atom. The fraction of sp³-hybridized carbons (Fsp3) is 0.500. The number of hydrogen-bond donors (Lipinski definition) is 3. The van der Waals surface area contributed by atoms with Crippen LogP contribution in [0.3, 0.4) is 0 Å². The van der Waals surface area contributed by atoms with Gasteiger partial charge in [0.15, 0.2) is 0 Å². The van der Waals surface area contributed by atoms with E-state index in [1.54, 1.807) is 18.2 Å². The molecule has 23 heavy (non-hydrogen) atoms. The predicted octanol–water partition coefficient (Wildman–Crippen LogP) is 3.17. The van der Waals surface area contributed by atoms with E-state index in [0.717, 1.165) is 6.42 Å². The lowest BCUT2D eigenvalue weighted by Gasteiger charge is -2.11. The van der Waals surface area contributed by atoms with Gasteiger partial charge in [0.2, 0.25) is 5.91 Å². The number of carbonyl (C=O) groups excluding carboxylic acids is 2. The first kappa shape index (κ1) is 19.1. The zero-order valence-electron chi connectivity index (χ0n) is 13.7. The molecule has 0 spiro atoms. The molecule has 0 saturated heterocycles. The number of benzene rings is 1. The maximum Gasteiger partial charge on any atom is 0.319 e. The summed E-state index contributed by atoms with van der Waals surface area (Å²) in [6.07, 6.45) is 1.12. The second kappa shape index (κ2) is 9.94. The van der Waals surface area contributed by atoms with Gasteiger partial charge in [0, 0.05) is 24.7 Å². The minimum atomic E-state index is -0.388. The summed E-state index contributed by atoms with van der Waals surface area (Å²) in [5.74, 6) is 0.491. The summed E-state index contributed by atoms with van der Waals surface area (Å²) >= 11 is 6.09. The lowest BCUT2D eigenvalue weighted by Crippen LogP contribution is -2.35. The number of anilines is 1. The molecule has 1 aromatic carbocycles. The largest absolute Gasteiger partial charge is 0.492 e. The first-order valence-electron chi connectivity index (χ1n) is 7.69. The van der Waals surface area contributed by atoms with Crippen molar-refractivity contribution in [2.45, 2.75) is 39.7 Å². The number of hydrogen-bond acceptors (Lipinski definition) is 3. The van der Waals surface area contributed by atoms with Crippen molar-refractivity contribution < 1.29 is 14.3 Å². The highest BCUT2D eigenvalue weighted by atomic mass is 35.5. The molecule has 0 aromatic heterocycles. The monoisotopic (exact) mass is 341 g/mol. The van der Waals surface area contributed by atoms with Crippen LogP contribution in [0.2, 0.25) is 5.02 Å². The molecular formula is C16H24ClN3O3. The Morgan fingerprint density at radius 1 is 1.30 bits per heavy atom. The molecule has 0 unspecified atom stereocenters. The molecule has 0 aliphatic heterocycles. The van der Waals surface area contributed by atoms with Gasteiger partial charge >= 0.3 is 6.03 Å². The standard InChI is InChI=1S/C16H24ClN3O3/c1-4-9-23-14-6-5-12(10-13(14)17)20-16(22)18-8-7-15(21)19-11(2)3/h5-6,10-11H,4,7-9H2,1-3H3,(H,19,21)(H2,18,20,22). The Morgan fingerprint density at radius 3 is 2.65 bits per heavy atom. The summed E-state index contributed by atoms with van der Waals surface area (Å²) in [5.41, 5.74) is 0.558. The van der Waals surface area contributed by atoms with Gasteiger partial charge in [-0.1, -0.05) is 18.5 Å². The van der Waals surface area contributed by atoms with Crippen molar-refractivity contribution in [3.8, 4) is 5.75 Å². The third-order valence-corrected chi connectivity index (χ3v) is 3.03. The van der Waals surface area contributed by atoms with E-state index in [4.69, 9.17) is 16.3 Å². The van der Waals surface area contributed by atoms with Crippen LogP contribution in [-0.4, -0.2) is 31.1 Å². The normalized spacial score (nSPS) is 10.3. The highest BCUT2D eigenvalue weighted by Gasteiger charge is 2.07. The van der Waals surface area contributed by atoms with Crippen molar-refractivity contribution in [3.05, 3.63) is 23.2 Å². The molecule has 1 rings (SSSR count). The highest BCUT2D eigenvalue weighted by Crippen LogP contribution is 2.27. The Balaban J connectivity index is 2.39. The number of rotatable bonds is 8. The molecular weight excluding hydrogens is 318 g/mol. The van der Waals surface area contributed by atoms with E-state index in [9.17, 15) is 9.59 Å².